The fourth-order valence-corrected chi connectivity index (χ4v) is 2.99. The maximum absolute atomic E-state index is 12.1. The number of hydrogen-bond donors (Lipinski definition) is 0. The number of hydrogen-bond acceptors (Lipinski definition) is 2. The quantitative estimate of drug-likeness (QED) is 0.775. The monoisotopic (exact) mass is 215 g/mol. The molecule has 0 aromatic carbocycles. The molecule has 2 saturated carbocycles. The number of carbonyl (C=O) groups excluding carboxylic acids is 1. The minimum Gasteiger partial charge on any atom is -0.299 e. The first kappa shape index (κ1) is 10.0. The SMILES string of the molecule is Cc1cccnc1CC(=O)C1CC2CC2C1. The number of pyridine rings is 1. The first-order chi connectivity index (χ1) is 7.74. The Bertz CT molecular complexity index is 416. The number of Topliss-reactive ketones (excluding diaryl/α,β-unsaturated/α-hetero) is 1. The fraction of sp³-hybridized carbons (Fsp3) is 0.571. The van der Waals surface area contributed by atoms with E-state index in [-0.39, 0.29) is 0 Å². The highest BCUT2D eigenvalue weighted by atomic mass is 16.1. The molecule has 0 spiro atoms. The molecule has 0 amide bonds. The molecule has 2 heteroatoms. The van der Waals surface area contributed by atoms with Crippen LogP contribution in [0.2, 0.25) is 0 Å². The second-order valence-electron chi connectivity index (χ2n) is 5.33. The van der Waals surface area contributed by atoms with Gasteiger partial charge in [-0.3, -0.25) is 9.78 Å². The Morgan fingerprint density at radius 3 is 2.81 bits per heavy atom. The smallest absolute Gasteiger partial charge is 0.141 e. The fourth-order valence-electron chi connectivity index (χ4n) is 2.99. The van der Waals surface area contributed by atoms with E-state index in [9.17, 15) is 4.79 Å². The molecule has 2 aliphatic rings. The van der Waals surface area contributed by atoms with E-state index >= 15 is 0 Å². The van der Waals surface area contributed by atoms with Crippen LogP contribution in [-0.4, -0.2) is 10.8 Å². The highest BCUT2D eigenvalue weighted by molar-refractivity contribution is 5.83. The van der Waals surface area contributed by atoms with Gasteiger partial charge in [0.15, 0.2) is 0 Å². The van der Waals surface area contributed by atoms with Crippen molar-refractivity contribution in [2.24, 2.45) is 17.8 Å². The van der Waals surface area contributed by atoms with E-state index in [0.29, 0.717) is 18.1 Å². The third-order valence-electron chi connectivity index (χ3n) is 4.16. The summed E-state index contributed by atoms with van der Waals surface area (Å²) < 4.78 is 0. The van der Waals surface area contributed by atoms with Crippen LogP contribution in [0.4, 0.5) is 0 Å². The molecule has 1 aromatic heterocycles. The molecule has 0 aliphatic heterocycles. The zero-order valence-electron chi connectivity index (χ0n) is 9.65. The minimum absolute atomic E-state index is 0.338. The number of nitrogens with zero attached hydrogens (tertiary/aromatic N) is 1. The lowest BCUT2D eigenvalue weighted by Crippen LogP contribution is -2.16. The van der Waals surface area contributed by atoms with Crippen LogP contribution in [0.1, 0.15) is 30.5 Å². The van der Waals surface area contributed by atoms with Crippen LogP contribution in [0.15, 0.2) is 18.3 Å². The van der Waals surface area contributed by atoms with Crippen molar-refractivity contribution < 1.29 is 4.79 Å². The van der Waals surface area contributed by atoms with E-state index in [4.69, 9.17) is 0 Å². The number of aryl methyl sites for hydroxylation is 1. The molecular weight excluding hydrogens is 198 g/mol. The van der Waals surface area contributed by atoms with Crippen molar-refractivity contribution in [1.29, 1.82) is 0 Å². The number of rotatable bonds is 3. The van der Waals surface area contributed by atoms with Gasteiger partial charge in [0.25, 0.3) is 0 Å². The lowest BCUT2D eigenvalue weighted by molar-refractivity contribution is -0.122. The number of ketones is 1. The highest BCUT2D eigenvalue weighted by Crippen LogP contribution is 2.54. The van der Waals surface area contributed by atoms with Crippen molar-refractivity contribution in [3.8, 4) is 0 Å². The number of fused-ring (bicyclic) bond motifs is 1. The van der Waals surface area contributed by atoms with Gasteiger partial charge in [0, 0.05) is 18.5 Å². The van der Waals surface area contributed by atoms with Crippen LogP contribution in [-0.2, 0) is 11.2 Å². The molecule has 1 heterocycles. The van der Waals surface area contributed by atoms with Crippen LogP contribution < -0.4 is 0 Å². The zero-order chi connectivity index (χ0) is 11.1. The minimum atomic E-state index is 0.338. The van der Waals surface area contributed by atoms with Gasteiger partial charge in [-0.2, -0.15) is 0 Å². The molecule has 0 bridgehead atoms. The van der Waals surface area contributed by atoms with Crippen LogP contribution >= 0.6 is 0 Å². The van der Waals surface area contributed by atoms with E-state index in [1.807, 2.05) is 19.1 Å². The standard InChI is InChI=1S/C14H17NO/c1-9-3-2-4-15-13(9)8-14(16)12-6-10-5-11(10)7-12/h2-4,10-12H,5-8H2,1H3. The van der Waals surface area contributed by atoms with Gasteiger partial charge >= 0.3 is 0 Å². The lowest BCUT2D eigenvalue weighted by atomic mass is 9.94. The number of carbonyl (C=O) groups is 1. The lowest BCUT2D eigenvalue weighted by Gasteiger charge is -2.10. The normalized spacial score (nSPS) is 31.2. The van der Waals surface area contributed by atoms with Gasteiger partial charge in [-0.25, -0.2) is 0 Å². The Kier molecular flexibility index (Phi) is 2.31. The van der Waals surface area contributed by atoms with E-state index in [2.05, 4.69) is 4.98 Å². The first-order valence-electron chi connectivity index (χ1n) is 6.17. The van der Waals surface area contributed by atoms with Crippen LogP contribution in [0.25, 0.3) is 0 Å². The van der Waals surface area contributed by atoms with Gasteiger partial charge in [0.2, 0.25) is 0 Å². The Hall–Kier alpha value is -1.18. The van der Waals surface area contributed by atoms with Crippen molar-refractivity contribution in [3.05, 3.63) is 29.6 Å². The summed E-state index contributed by atoms with van der Waals surface area (Å²) in [5.41, 5.74) is 2.10. The molecule has 16 heavy (non-hydrogen) atoms. The third kappa shape index (κ3) is 1.77. The summed E-state index contributed by atoms with van der Waals surface area (Å²) >= 11 is 0. The third-order valence-corrected chi connectivity index (χ3v) is 4.16. The van der Waals surface area contributed by atoms with Crippen molar-refractivity contribution in [3.63, 3.8) is 0 Å². The molecule has 2 atom stereocenters. The van der Waals surface area contributed by atoms with Crippen LogP contribution in [0.5, 0.6) is 0 Å². The molecule has 1 aromatic rings. The number of aromatic nitrogens is 1. The van der Waals surface area contributed by atoms with E-state index in [1.165, 1.54) is 6.42 Å². The Morgan fingerprint density at radius 1 is 1.38 bits per heavy atom. The molecule has 0 saturated heterocycles. The van der Waals surface area contributed by atoms with Crippen molar-refractivity contribution >= 4 is 5.78 Å². The average molecular weight is 215 g/mol. The maximum Gasteiger partial charge on any atom is 0.141 e. The summed E-state index contributed by atoms with van der Waals surface area (Å²) in [4.78, 5) is 16.4. The van der Waals surface area contributed by atoms with Crippen molar-refractivity contribution in [1.82, 2.24) is 4.98 Å². The van der Waals surface area contributed by atoms with Gasteiger partial charge < -0.3 is 0 Å². The maximum atomic E-state index is 12.1. The molecule has 0 N–H and O–H groups in total. The largest absolute Gasteiger partial charge is 0.299 e. The van der Waals surface area contributed by atoms with Crippen LogP contribution in [0, 0.1) is 24.7 Å². The molecule has 2 unspecified atom stereocenters. The van der Waals surface area contributed by atoms with Gasteiger partial charge in [0.05, 0.1) is 5.69 Å². The molecule has 3 rings (SSSR count). The summed E-state index contributed by atoms with van der Waals surface area (Å²) in [5, 5.41) is 0. The Balaban J connectivity index is 1.66. The molecule has 2 fully saturated rings. The summed E-state index contributed by atoms with van der Waals surface area (Å²) in [6, 6.07) is 3.95. The molecule has 0 radical (unpaired) electrons. The molecular formula is C14H17NO. The van der Waals surface area contributed by atoms with Gasteiger partial charge in [-0.05, 0) is 49.7 Å². The van der Waals surface area contributed by atoms with Crippen molar-refractivity contribution in [2.75, 3.05) is 0 Å². The summed E-state index contributed by atoms with van der Waals surface area (Å²) in [6.45, 7) is 2.03. The summed E-state index contributed by atoms with van der Waals surface area (Å²) in [5.74, 6) is 2.52. The Morgan fingerprint density at radius 2 is 2.12 bits per heavy atom. The topological polar surface area (TPSA) is 30.0 Å². The van der Waals surface area contributed by atoms with Crippen molar-refractivity contribution in [2.45, 2.75) is 32.6 Å². The highest BCUT2D eigenvalue weighted by Gasteiger charge is 2.47. The van der Waals surface area contributed by atoms with Gasteiger partial charge in [-0.15, -0.1) is 0 Å². The Labute approximate surface area is 96.1 Å². The van der Waals surface area contributed by atoms with E-state index in [1.54, 1.807) is 6.20 Å². The predicted octanol–water partition coefficient (Wildman–Crippen LogP) is 2.55. The van der Waals surface area contributed by atoms with E-state index in [0.717, 1.165) is 35.9 Å². The average Bonchev–Trinajstić information content (AvgIpc) is 2.89. The zero-order valence-corrected chi connectivity index (χ0v) is 9.65. The predicted molar refractivity (Wildman–Crippen MR) is 62.0 cm³/mol. The summed E-state index contributed by atoms with van der Waals surface area (Å²) in [6.07, 6.45) is 6.00. The second kappa shape index (κ2) is 3.69. The molecule has 84 valence electrons. The van der Waals surface area contributed by atoms with E-state index < -0.39 is 0 Å². The van der Waals surface area contributed by atoms with Gasteiger partial charge in [0.1, 0.15) is 5.78 Å². The molecule has 2 nitrogen and oxygen atoms in total. The molecule has 2 aliphatic carbocycles. The summed E-state index contributed by atoms with van der Waals surface area (Å²) in [7, 11) is 0. The second-order valence-corrected chi connectivity index (χ2v) is 5.33. The van der Waals surface area contributed by atoms with Gasteiger partial charge in [-0.1, -0.05) is 6.07 Å². The first-order valence-corrected chi connectivity index (χ1v) is 6.17. The van der Waals surface area contributed by atoms with Crippen LogP contribution in [0.3, 0.4) is 0 Å².